The number of thioether (sulfide) groups is 1. The number of anilines is 1. The van der Waals surface area contributed by atoms with Crippen molar-refractivity contribution in [1.82, 2.24) is 25.2 Å². The van der Waals surface area contributed by atoms with E-state index in [0.29, 0.717) is 21.7 Å². The topological polar surface area (TPSA) is 106 Å². The van der Waals surface area contributed by atoms with Crippen molar-refractivity contribution in [3.8, 4) is 11.4 Å². The predicted molar refractivity (Wildman–Crippen MR) is 94.0 cm³/mol. The van der Waals surface area contributed by atoms with Gasteiger partial charge in [-0.15, -0.1) is 5.10 Å². The van der Waals surface area contributed by atoms with Gasteiger partial charge in [0.1, 0.15) is 11.6 Å². The minimum Gasteiger partial charge on any atom is -0.508 e. The SMILES string of the molecule is CC(Sc1nnnn1-c1ccc(O)cc1)C(=O)Nc1ccc(Cl)cn1. The average Bonchev–Trinajstić information content (AvgIpc) is 3.05. The number of hydrogen-bond acceptors (Lipinski definition) is 7. The molecule has 1 atom stereocenters. The molecule has 0 radical (unpaired) electrons. The van der Waals surface area contributed by atoms with Crippen LogP contribution in [-0.4, -0.2) is 41.5 Å². The van der Waals surface area contributed by atoms with E-state index in [1.54, 1.807) is 31.2 Å². The van der Waals surface area contributed by atoms with E-state index in [1.807, 2.05) is 0 Å². The molecule has 0 aliphatic carbocycles. The maximum Gasteiger partial charge on any atom is 0.238 e. The Balaban J connectivity index is 1.70. The van der Waals surface area contributed by atoms with Crippen molar-refractivity contribution in [3.63, 3.8) is 0 Å². The molecule has 1 amide bonds. The van der Waals surface area contributed by atoms with Crippen LogP contribution in [0, 0.1) is 0 Å². The Hall–Kier alpha value is -2.65. The standard InChI is InChI=1S/C15H13ClN6O2S/c1-9(14(24)18-13-7-2-10(16)8-17-13)25-15-19-20-21-22(15)11-3-5-12(23)6-4-11/h2-9,23H,1H3,(H,17,18,24). The highest BCUT2D eigenvalue weighted by molar-refractivity contribution is 8.00. The van der Waals surface area contributed by atoms with E-state index in [2.05, 4.69) is 25.8 Å². The van der Waals surface area contributed by atoms with Gasteiger partial charge in [-0.25, -0.2) is 4.98 Å². The number of carbonyl (C=O) groups is 1. The third kappa shape index (κ3) is 4.25. The lowest BCUT2D eigenvalue weighted by Crippen LogP contribution is -2.23. The fourth-order valence-electron chi connectivity index (χ4n) is 1.90. The van der Waals surface area contributed by atoms with E-state index in [0.717, 1.165) is 0 Å². The summed E-state index contributed by atoms with van der Waals surface area (Å²) in [6.45, 7) is 1.74. The lowest BCUT2D eigenvalue weighted by molar-refractivity contribution is -0.115. The fraction of sp³-hybridized carbons (Fsp3) is 0.133. The van der Waals surface area contributed by atoms with Crippen molar-refractivity contribution in [2.75, 3.05) is 5.32 Å². The molecule has 1 unspecified atom stereocenters. The number of pyridine rings is 1. The van der Waals surface area contributed by atoms with Gasteiger partial charge in [0.05, 0.1) is 16.0 Å². The van der Waals surface area contributed by atoms with Gasteiger partial charge in [0.2, 0.25) is 11.1 Å². The number of halogens is 1. The molecule has 0 fully saturated rings. The van der Waals surface area contributed by atoms with E-state index < -0.39 is 5.25 Å². The van der Waals surface area contributed by atoms with Crippen molar-refractivity contribution >= 4 is 35.1 Å². The van der Waals surface area contributed by atoms with Gasteiger partial charge < -0.3 is 10.4 Å². The normalized spacial score (nSPS) is 11.9. The lowest BCUT2D eigenvalue weighted by Gasteiger charge is -2.11. The number of aromatic hydroxyl groups is 1. The first kappa shape index (κ1) is 17.2. The molecule has 10 heteroatoms. The van der Waals surface area contributed by atoms with Crippen molar-refractivity contribution in [1.29, 1.82) is 0 Å². The molecular formula is C15H13ClN6O2S. The Bertz CT molecular complexity index is 868. The molecule has 25 heavy (non-hydrogen) atoms. The number of hydrogen-bond donors (Lipinski definition) is 2. The summed E-state index contributed by atoms with van der Waals surface area (Å²) in [5.74, 6) is 0.328. The first-order chi connectivity index (χ1) is 12.0. The van der Waals surface area contributed by atoms with E-state index in [9.17, 15) is 9.90 Å². The molecule has 128 valence electrons. The maximum absolute atomic E-state index is 12.3. The summed E-state index contributed by atoms with van der Waals surface area (Å²) in [5, 5.41) is 24.1. The highest BCUT2D eigenvalue weighted by Crippen LogP contribution is 2.24. The van der Waals surface area contributed by atoms with Crippen LogP contribution in [0.1, 0.15) is 6.92 Å². The van der Waals surface area contributed by atoms with Crippen LogP contribution >= 0.6 is 23.4 Å². The number of tetrazole rings is 1. The third-order valence-corrected chi connectivity index (χ3v) is 4.42. The summed E-state index contributed by atoms with van der Waals surface area (Å²) in [6.07, 6.45) is 1.46. The van der Waals surface area contributed by atoms with Crippen molar-refractivity contribution in [3.05, 3.63) is 47.6 Å². The molecule has 0 spiro atoms. The highest BCUT2D eigenvalue weighted by Gasteiger charge is 2.19. The van der Waals surface area contributed by atoms with Crippen LogP contribution < -0.4 is 5.32 Å². The number of carbonyl (C=O) groups excluding carboxylic acids is 1. The molecule has 0 saturated heterocycles. The summed E-state index contributed by atoms with van der Waals surface area (Å²) in [7, 11) is 0. The summed E-state index contributed by atoms with van der Waals surface area (Å²) in [6, 6.07) is 9.70. The Morgan fingerprint density at radius 2 is 2.04 bits per heavy atom. The maximum atomic E-state index is 12.3. The Labute approximate surface area is 152 Å². The smallest absolute Gasteiger partial charge is 0.238 e. The number of nitrogens with one attached hydrogen (secondary N) is 1. The molecule has 2 heterocycles. The molecule has 3 aromatic rings. The molecule has 2 aromatic heterocycles. The van der Waals surface area contributed by atoms with Gasteiger partial charge in [-0.1, -0.05) is 23.4 Å². The largest absolute Gasteiger partial charge is 0.508 e. The second-order valence-electron chi connectivity index (χ2n) is 5.00. The van der Waals surface area contributed by atoms with Gasteiger partial charge >= 0.3 is 0 Å². The molecule has 0 aliphatic heterocycles. The van der Waals surface area contributed by atoms with Gasteiger partial charge in [-0.2, -0.15) is 4.68 Å². The molecular weight excluding hydrogens is 364 g/mol. The Kier molecular flexibility index (Phi) is 5.15. The van der Waals surface area contributed by atoms with E-state index >= 15 is 0 Å². The Morgan fingerprint density at radius 1 is 1.28 bits per heavy atom. The number of phenolic OH excluding ortho intramolecular Hbond substituents is 1. The second-order valence-corrected chi connectivity index (χ2v) is 6.75. The van der Waals surface area contributed by atoms with Crippen LogP contribution in [0.2, 0.25) is 5.02 Å². The number of benzene rings is 1. The third-order valence-electron chi connectivity index (χ3n) is 3.17. The summed E-state index contributed by atoms with van der Waals surface area (Å²) in [5.41, 5.74) is 0.678. The molecule has 0 bridgehead atoms. The zero-order chi connectivity index (χ0) is 17.8. The van der Waals surface area contributed by atoms with Crippen LogP contribution in [0.25, 0.3) is 5.69 Å². The van der Waals surface area contributed by atoms with Crippen LogP contribution in [0.15, 0.2) is 47.8 Å². The number of aromatic nitrogens is 5. The van der Waals surface area contributed by atoms with Crippen LogP contribution in [0.5, 0.6) is 5.75 Å². The highest BCUT2D eigenvalue weighted by atomic mass is 35.5. The van der Waals surface area contributed by atoms with Gasteiger partial charge in [0.15, 0.2) is 0 Å². The molecule has 8 nitrogen and oxygen atoms in total. The molecule has 3 rings (SSSR count). The van der Waals surface area contributed by atoms with Crippen molar-refractivity contribution < 1.29 is 9.90 Å². The summed E-state index contributed by atoms with van der Waals surface area (Å²) >= 11 is 6.98. The zero-order valence-electron chi connectivity index (χ0n) is 13.0. The Morgan fingerprint density at radius 3 is 2.72 bits per heavy atom. The first-order valence-electron chi connectivity index (χ1n) is 7.20. The number of rotatable bonds is 5. The molecule has 0 saturated carbocycles. The summed E-state index contributed by atoms with van der Waals surface area (Å²) in [4.78, 5) is 16.3. The van der Waals surface area contributed by atoms with Crippen LogP contribution in [0.3, 0.4) is 0 Å². The molecule has 0 aliphatic rings. The van der Waals surface area contributed by atoms with E-state index in [-0.39, 0.29) is 11.7 Å². The predicted octanol–water partition coefficient (Wildman–Crippen LogP) is 2.54. The van der Waals surface area contributed by atoms with Crippen molar-refractivity contribution in [2.45, 2.75) is 17.3 Å². The van der Waals surface area contributed by atoms with E-state index in [1.165, 1.54) is 34.8 Å². The van der Waals surface area contributed by atoms with Gasteiger partial charge in [0.25, 0.3) is 0 Å². The van der Waals surface area contributed by atoms with E-state index in [4.69, 9.17) is 11.6 Å². The fourth-order valence-corrected chi connectivity index (χ4v) is 2.82. The van der Waals surface area contributed by atoms with Gasteiger partial charge in [-0.3, -0.25) is 4.79 Å². The molecule has 2 N–H and O–H groups in total. The van der Waals surface area contributed by atoms with Gasteiger partial charge in [0, 0.05) is 6.20 Å². The quantitative estimate of drug-likeness (QED) is 0.659. The zero-order valence-corrected chi connectivity index (χ0v) is 14.6. The van der Waals surface area contributed by atoms with Crippen molar-refractivity contribution in [2.24, 2.45) is 0 Å². The minimum atomic E-state index is -0.459. The van der Waals surface area contributed by atoms with Gasteiger partial charge in [-0.05, 0) is 53.7 Å². The minimum absolute atomic E-state index is 0.147. The monoisotopic (exact) mass is 376 g/mol. The average molecular weight is 377 g/mol. The lowest BCUT2D eigenvalue weighted by atomic mass is 10.3. The van der Waals surface area contributed by atoms with Crippen LogP contribution in [0.4, 0.5) is 5.82 Å². The van der Waals surface area contributed by atoms with Crippen LogP contribution in [-0.2, 0) is 4.79 Å². The number of amides is 1. The number of nitrogens with zero attached hydrogens (tertiary/aromatic N) is 5. The summed E-state index contributed by atoms with van der Waals surface area (Å²) < 4.78 is 1.49. The first-order valence-corrected chi connectivity index (χ1v) is 8.45. The number of phenols is 1. The second kappa shape index (κ2) is 7.49. The molecule has 1 aromatic carbocycles.